The van der Waals surface area contributed by atoms with Gasteiger partial charge in [0.1, 0.15) is 12.4 Å². The van der Waals surface area contributed by atoms with Gasteiger partial charge in [-0.3, -0.25) is 0 Å². The van der Waals surface area contributed by atoms with Crippen LogP contribution in [0, 0.1) is 0 Å². The minimum Gasteiger partial charge on any atom is -0.370 e. The second-order valence-corrected chi connectivity index (χ2v) is 5.35. The molecule has 0 amide bonds. The number of aromatic nitrogens is 2. The second kappa shape index (κ2) is 5.38. The van der Waals surface area contributed by atoms with Crippen LogP contribution in [-0.2, 0) is 9.84 Å². The van der Waals surface area contributed by atoms with Gasteiger partial charge >= 0.3 is 6.18 Å². The third-order valence-corrected chi connectivity index (χ3v) is 2.51. The van der Waals surface area contributed by atoms with Crippen LogP contribution in [0.2, 0.25) is 0 Å². The van der Waals surface area contributed by atoms with Gasteiger partial charge in [0.15, 0.2) is 5.96 Å². The highest BCUT2D eigenvalue weighted by Gasteiger charge is 2.26. The van der Waals surface area contributed by atoms with Crippen LogP contribution in [0.15, 0.2) is 22.4 Å². The number of nitrogens with one attached hydrogen (secondary N) is 1. The summed E-state index contributed by atoms with van der Waals surface area (Å²) in [5.74, 6) is -0.602. The Hall–Kier alpha value is -1.91. The van der Waals surface area contributed by atoms with E-state index >= 15 is 0 Å². The molecule has 0 aliphatic rings. The molecule has 0 atom stereocenters. The molecule has 3 N–H and O–H groups in total. The first-order valence-electron chi connectivity index (χ1n) is 4.75. The van der Waals surface area contributed by atoms with E-state index in [1.54, 1.807) is 0 Å². The van der Waals surface area contributed by atoms with Crippen molar-refractivity contribution in [3.05, 3.63) is 12.3 Å². The van der Waals surface area contributed by atoms with Crippen LogP contribution in [0.3, 0.4) is 0 Å². The van der Waals surface area contributed by atoms with E-state index in [2.05, 4.69) is 20.3 Å². The van der Waals surface area contributed by atoms with Gasteiger partial charge in [-0.25, -0.2) is 23.4 Å². The molecule has 11 heteroatoms. The standard InChI is InChI=1S/C8H10F3N5O2S/c1-19(17,18)7-13-3-2-5(16-7)15-6(12)14-4-8(9,10)11/h2-3H,4H2,1H3,(H3,12,13,14,15,16). The largest absolute Gasteiger partial charge is 0.408 e. The SMILES string of the molecule is CS(=O)(=O)c1nccc(NC(N)=NCC(F)(F)F)n1. The predicted octanol–water partition coefficient (Wildman–Crippen LogP) is 0.169. The van der Waals surface area contributed by atoms with E-state index in [0.29, 0.717) is 0 Å². The summed E-state index contributed by atoms with van der Waals surface area (Å²) in [6.07, 6.45) is -2.45. The summed E-state index contributed by atoms with van der Waals surface area (Å²) in [4.78, 5) is 10.1. The van der Waals surface area contributed by atoms with Gasteiger partial charge in [-0.1, -0.05) is 0 Å². The van der Waals surface area contributed by atoms with Crippen molar-refractivity contribution in [2.75, 3.05) is 18.1 Å². The lowest BCUT2D eigenvalue weighted by atomic mass is 10.6. The highest BCUT2D eigenvalue weighted by Crippen LogP contribution is 2.14. The molecule has 7 nitrogen and oxygen atoms in total. The Balaban J connectivity index is 2.84. The molecule has 106 valence electrons. The zero-order valence-corrected chi connectivity index (χ0v) is 10.5. The quantitative estimate of drug-likeness (QED) is 0.467. The van der Waals surface area contributed by atoms with E-state index in [0.717, 1.165) is 12.5 Å². The van der Waals surface area contributed by atoms with Crippen molar-refractivity contribution < 1.29 is 21.6 Å². The number of anilines is 1. The van der Waals surface area contributed by atoms with Crippen LogP contribution >= 0.6 is 0 Å². The molecule has 1 aromatic heterocycles. The van der Waals surface area contributed by atoms with Gasteiger partial charge in [0.05, 0.1) is 0 Å². The molecule has 0 aromatic carbocycles. The van der Waals surface area contributed by atoms with E-state index in [-0.39, 0.29) is 5.82 Å². The van der Waals surface area contributed by atoms with Crippen LogP contribution in [0.4, 0.5) is 19.0 Å². The van der Waals surface area contributed by atoms with Crippen molar-refractivity contribution in [3.8, 4) is 0 Å². The molecular weight excluding hydrogens is 287 g/mol. The lowest BCUT2D eigenvalue weighted by molar-refractivity contribution is -0.118. The molecule has 0 saturated carbocycles. The van der Waals surface area contributed by atoms with Gasteiger partial charge in [0, 0.05) is 12.5 Å². The number of alkyl halides is 3. The first kappa shape index (κ1) is 15.1. The van der Waals surface area contributed by atoms with Crippen molar-refractivity contribution in [1.82, 2.24) is 9.97 Å². The Labute approximate surface area is 106 Å². The molecule has 0 fully saturated rings. The molecule has 0 spiro atoms. The molecule has 0 saturated heterocycles. The first-order chi connectivity index (χ1) is 8.58. The lowest BCUT2D eigenvalue weighted by Crippen LogP contribution is -2.26. The van der Waals surface area contributed by atoms with Crippen LogP contribution in [0.1, 0.15) is 0 Å². The number of nitrogens with zero attached hydrogens (tertiary/aromatic N) is 3. The molecule has 0 unspecified atom stereocenters. The van der Waals surface area contributed by atoms with Gasteiger partial charge in [0.25, 0.3) is 0 Å². The maximum Gasteiger partial charge on any atom is 0.408 e. The number of rotatable bonds is 3. The van der Waals surface area contributed by atoms with Crippen LogP contribution in [0.5, 0.6) is 0 Å². The number of guanidine groups is 1. The molecule has 0 bridgehead atoms. The minimum atomic E-state index is -4.48. The third-order valence-electron chi connectivity index (χ3n) is 1.65. The average Bonchev–Trinajstić information content (AvgIpc) is 2.25. The first-order valence-corrected chi connectivity index (χ1v) is 6.64. The maximum atomic E-state index is 11.9. The van der Waals surface area contributed by atoms with Crippen molar-refractivity contribution in [1.29, 1.82) is 0 Å². The lowest BCUT2D eigenvalue weighted by Gasteiger charge is -2.06. The summed E-state index contributed by atoms with van der Waals surface area (Å²) in [6, 6.07) is 1.24. The normalized spacial score (nSPS) is 13.4. The smallest absolute Gasteiger partial charge is 0.370 e. The Morgan fingerprint density at radius 1 is 1.53 bits per heavy atom. The van der Waals surface area contributed by atoms with Crippen molar-refractivity contribution in [2.24, 2.45) is 10.7 Å². The highest BCUT2D eigenvalue weighted by atomic mass is 32.2. The summed E-state index contributed by atoms with van der Waals surface area (Å²) in [5, 5.41) is 1.77. The van der Waals surface area contributed by atoms with E-state index in [1.807, 2.05) is 0 Å². The van der Waals surface area contributed by atoms with E-state index in [1.165, 1.54) is 6.07 Å². The van der Waals surface area contributed by atoms with Crippen molar-refractivity contribution in [2.45, 2.75) is 11.3 Å². The zero-order chi connectivity index (χ0) is 14.7. The summed E-state index contributed by atoms with van der Waals surface area (Å²) in [7, 11) is -3.62. The second-order valence-electron chi connectivity index (χ2n) is 3.44. The number of hydrogen-bond acceptors (Lipinski definition) is 5. The average molecular weight is 297 g/mol. The fourth-order valence-corrected chi connectivity index (χ4v) is 1.45. The summed E-state index contributed by atoms with van der Waals surface area (Å²) in [5.41, 5.74) is 5.20. The van der Waals surface area contributed by atoms with Gasteiger partial charge in [-0.15, -0.1) is 0 Å². The Kier molecular flexibility index (Phi) is 4.29. The zero-order valence-electron chi connectivity index (χ0n) is 9.64. The van der Waals surface area contributed by atoms with Crippen LogP contribution in [0.25, 0.3) is 0 Å². The predicted molar refractivity (Wildman–Crippen MR) is 61.3 cm³/mol. The van der Waals surface area contributed by atoms with E-state index < -0.39 is 33.7 Å². The fourth-order valence-electron chi connectivity index (χ4n) is 0.935. The summed E-state index contributed by atoms with van der Waals surface area (Å²) < 4.78 is 58.0. The number of nitrogens with two attached hydrogens (primary N) is 1. The van der Waals surface area contributed by atoms with Gasteiger partial charge in [-0.2, -0.15) is 13.2 Å². The highest BCUT2D eigenvalue weighted by molar-refractivity contribution is 7.90. The van der Waals surface area contributed by atoms with E-state index in [9.17, 15) is 21.6 Å². The van der Waals surface area contributed by atoms with E-state index in [4.69, 9.17) is 5.73 Å². The number of hydrogen-bond donors (Lipinski definition) is 2. The van der Waals surface area contributed by atoms with Gasteiger partial charge in [-0.05, 0) is 6.07 Å². The van der Waals surface area contributed by atoms with Crippen molar-refractivity contribution in [3.63, 3.8) is 0 Å². The topological polar surface area (TPSA) is 110 Å². The van der Waals surface area contributed by atoms with Gasteiger partial charge < -0.3 is 11.1 Å². The van der Waals surface area contributed by atoms with Gasteiger partial charge in [0.2, 0.25) is 15.0 Å². The number of halogens is 3. The fraction of sp³-hybridized carbons (Fsp3) is 0.375. The van der Waals surface area contributed by atoms with Crippen LogP contribution in [-0.4, -0.2) is 43.3 Å². The Bertz CT molecular complexity index is 584. The molecule has 0 aliphatic carbocycles. The monoisotopic (exact) mass is 297 g/mol. The summed E-state index contributed by atoms with van der Waals surface area (Å²) in [6.45, 7) is -1.45. The maximum absolute atomic E-state index is 11.9. The molecule has 1 heterocycles. The molecule has 1 rings (SSSR count). The number of sulfone groups is 1. The van der Waals surface area contributed by atoms with Crippen molar-refractivity contribution >= 4 is 21.6 Å². The minimum absolute atomic E-state index is 0.0705. The van der Waals surface area contributed by atoms with Crippen LogP contribution < -0.4 is 11.1 Å². The third kappa shape index (κ3) is 5.50. The molecule has 19 heavy (non-hydrogen) atoms. The molecule has 0 aliphatic heterocycles. The number of aliphatic imine (C=N–C) groups is 1. The molecular formula is C8H10F3N5O2S. The molecule has 0 radical (unpaired) electrons. The summed E-state index contributed by atoms with van der Waals surface area (Å²) >= 11 is 0. The Morgan fingerprint density at radius 3 is 2.68 bits per heavy atom. The Morgan fingerprint density at radius 2 is 2.16 bits per heavy atom. The molecule has 1 aromatic rings.